The van der Waals surface area contributed by atoms with Gasteiger partial charge in [-0.05, 0) is 33.2 Å². The van der Waals surface area contributed by atoms with Gasteiger partial charge in [0.25, 0.3) is 0 Å². The second-order valence-electron chi connectivity index (χ2n) is 4.39. The van der Waals surface area contributed by atoms with Crippen LogP contribution in [-0.4, -0.2) is 45.8 Å². The molecule has 14 heavy (non-hydrogen) atoms. The molecule has 0 aromatic carbocycles. The third kappa shape index (κ3) is 2.69. The van der Waals surface area contributed by atoms with Crippen LogP contribution >= 0.6 is 0 Å². The lowest BCUT2D eigenvalue weighted by Crippen LogP contribution is -2.50. The Labute approximate surface area is 84.5 Å². The van der Waals surface area contributed by atoms with E-state index < -0.39 is 11.6 Å². The number of nitrogens with zero attached hydrogens (tertiary/aromatic N) is 1. The van der Waals surface area contributed by atoms with E-state index in [2.05, 4.69) is 11.8 Å². The lowest BCUT2D eigenvalue weighted by atomic mass is 10.00. The summed E-state index contributed by atoms with van der Waals surface area (Å²) in [6.07, 6.45) is 3.39. The number of hydrogen-bond donors (Lipinski definition) is 2. The van der Waals surface area contributed by atoms with Crippen LogP contribution in [-0.2, 0) is 4.79 Å². The van der Waals surface area contributed by atoms with E-state index >= 15 is 0 Å². The van der Waals surface area contributed by atoms with Gasteiger partial charge >= 0.3 is 5.97 Å². The van der Waals surface area contributed by atoms with Gasteiger partial charge in [-0.1, -0.05) is 6.42 Å². The van der Waals surface area contributed by atoms with Gasteiger partial charge in [-0.15, -0.1) is 0 Å². The van der Waals surface area contributed by atoms with Crippen LogP contribution in [0.15, 0.2) is 0 Å². The summed E-state index contributed by atoms with van der Waals surface area (Å²) < 4.78 is 0. The number of aliphatic carboxylic acids is 1. The largest absolute Gasteiger partial charge is 0.479 e. The predicted molar refractivity (Wildman–Crippen MR) is 53.1 cm³/mol. The highest BCUT2D eigenvalue weighted by Crippen LogP contribution is 2.19. The van der Waals surface area contributed by atoms with Crippen molar-refractivity contribution in [1.82, 2.24) is 4.90 Å². The van der Waals surface area contributed by atoms with E-state index in [-0.39, 0.29) is 6.54 Å². The molecular weight excluding hydrogens is 182 g/mol. The van der Waals surface area contributed by atoms with Crippen molar-refractivity contribution < 1.29 is 15.0 Å². The number of β-amino-alcohol motifs (C(OH)–C–C–N with tert-alkyl or cyclic N) is 1. The van der Waals surface area contributed by atoms with Crippen molar-refractivity contribution in [1.29, 1.82) is 0 Å². The molecular formula is C10H19NO3. The number of carboxylic acids is 1. The van der Waals surface area contributed by atoms with Gasteiger partial charge in [0, 0.05) is 12.6 Å². The lowest BCUT2D eigenvalue weighted by Gasteiger charge is -2.36. The van der Waals surface area contributed by atoms with Gasteiger partial charge in [-0.25, -0.2) is 4.79 Å². The SMILES string of the molecule is CC1CCCCN1CC(C)(O)C(=O)O. The van der Waals surface area contributed by atoms with Crippen LogP contribution < -0.4 is 0 Å². The molecule has 1 fully saturated rings. The highest BCUT2D eigenvalue weighted by atomic mass is 16.4. The maximum Gasteiger partial charge on any atom is 0.336 e. The first-order valence-corrected chi connectivity index (χ1v) is 5.13. The second-order valence-corrected chi connectivity index (χ2v) is 4.39. The molecule has 0 aliphatic carbocycles. The Morgan fingerprint density at radius 3 is 2.71 bits per heavy atom. The minimum atomic E-state index is -1.62. The van der Waals surface area contributed by atoms with Crippen LogP contribution in [0.3, 0.4) is 0 Å². The van der Waals surface area contributed by atoms with Crippen LogP contribution in [0.5, 0.6) is 0 Å². The Balaban J connectivity index is 2.53. The van der Waals surface area contributed by atoms with E-state index in [4.69, 9.17) is 5.11 Å². The third-order valence-corrected chi connectivity index (χ3v) is 2.91. The van der Waals surface area contributed by atoms with Crippen molar-refractivity contribution in [2.24, 2.45) is 0 Å². The van der Waals surface area contributed by atoms with E-state index in [1.165, 1.54) is 13.3 Å². The smallest absolute Gasteiger partial charge is 0.336 e. The number of rotatable bonds is 3. The quantitative estimate of drug-likeness (QED) is 0.705. The van der Waals surface area contributed by atoms with Crippen LogP contribution in [0.25, 0.3) is 0 Å². The van der Waals surface area contributed by atoms with Crippen LogP contribution in [0.4, 0.5) is 0 Å². The summed E-state index contributed by atoms with van der Waals surface area (Å²) in [5.41, 5.74) is -1.62. The number of likely N-dealkylation sites (tertiary alicyclic amines) is 1. The molecule has 4 nitrogen and oxygen atoms in total. The molecule has 0 aromatic rings. The van der Waals surface area contributed by atoms with Gasteiger partial charge < -0.3 is 10.2 Å². The van der Waals surface area contributed by atoms with Gasteiger partial charge in [-0.2, -0.15) is 0 Å². The maximum absolute atomic E-state index is 10.7. The first-order valence-electron chi connectivity index (χ1n) is 5.13. The molecule has 0 spiro atoms. The molecule has 4 heteroatoms. The Hall–Kier alpha value is -0.610. The Bertz CT molecular complexity index is 215. The molecule has 0 aromatic heterocycles. The molecule has 0 radical (unpaired) electrons. The molecule has 1 aliphatic heterocycles. The molecule has 0 amide bonds. The van der Waals surface area contributed by atoms with Gasteiger partial charge in [-0.3, -0.25) is 4.90 Å². The normalized spacial score (nSPS) is 28.4. The van der Waals surface area contributed by atoms with Crippen molar-refractivity contribution >= 4 is 5.97 Å². The molecule has 1 rings (SSSR count). The molecule has 2 unspecified atom stereocenters. The summed E-state index contributed by atoms with van der Waals surface area (Å²) in [7, 11) is 0. The van der Waals surface area contributed by atoms with Crippen molar-refractivity contribution in [2.75, 3.05) is 13.1 Å². The first-order chi connectivity index (χ1) is 6.43. The lowest BCUT2D eigenvalue weighted by molar-refractivity contribution is -0.159. The first kappa shape index (κ1) is 11.5. The third-order valence-electron chi connectivity index (χ3n) is 2.91. The number of carbonyl (C=O) groups is 1. The molecule has 1 heterocycles. The monoisotopic (exact) mass is 201 g/mol. The average molecular weight is 201 g/mol. The fraction of sp³-hybridized carbons (Fsp3) is 0.900. The zero-order valence-electron chi connectivity index (χ0n) is 8.86. The summed E-state index contributed by atoms with van der Waals surface area (Å²) in [6.45, 7) is 4.56. The Morgan fingerprint density at radius 2 is 2.21 bits per heavy atom. The average Bonchev–Trinajstić information content (AvgIpc) is 2.08. The van der Waals surface area contributed by atoms with Gasteiger partial charge in [0.1, 0.15) is 0 Å². The molecule has 1 aliphatic rings. The Morgan fingerprint density at radius 1 is 1.57 bits per heavy atom. The van der Waals surface area contributed by atoms with Crippen molar-refractivity contribution in [2.45, 2.75) is 44.8 Å². The van der Waals surface area contributed by atoms with E-state index in [1.54, 1.807) is 0 Å². The van der Waals surface area contributed by atoms with Gasteiger partial charge in [0.2, 0.25) is 0 Å². The summed E-state index contributed by atoms with van der Waals surface area (Å²) in [4.78, 5) is 12.8. The summed E-state index contributed by atoms with van der Waals surface area (Å²) in [5, 5.41) is 18.4. The fourth-order valence-corrected chi connectivity index (χ4v) is 1.86. The van der Waals surface area contributed by atoms with Crippen molar-refractivity contribution in [3.8, 4) is 0 Å². The molecule has 82 valence electrons. The summed E-state index contributed by atoms with van der Waals surface area (Å²) >= 11 is 0. The number of piperidine rings is 1. The van der Waals surface area contributed by atoms with Crippen LogP contribution in [0.1, 0.15) is 33.1 Å². The van der Waals surface area contributed by atoms with Crippen molar-refractivity contribution in [3.63, 3.8) is 0 Å². The molecule has 0 saturated carbocycles. The van der Waals surface area contributed by atoms with Gasteiger partial charge in [0.15, 0.2) is 5.60 Å². The zero-order valence-corrected chi connectivity index (χ0v) is 8.86. The molecule has 2 atom stereocenters. The van der Waals surface area contributed by atoms with Crippen LogP contribution in [0.2, 0.25) is 0 Å². The molecule has 1 saturated heterocycles. The zero-order chi connectivity index (χ0) is 10.8. The van der Waals surface area contributed by atoms with Gasteiger partial charge in [0.05, 0.1) is 0 Å². The highest BCUT2D eigenvalue weighted by molar-refractivity contribution is 5.76. The minimum Gasteiger partial charge on any atom is -0.479 e. The summed E-state index contributed by atoms with van der Waals surface area (Å²) in [5.74, 6) is -1.14. The highest BCUT2D eigenvalue weighted by Gasteiger charge is 2.34. The number of hydrogen-bond acceptors (Lipinski definition) is 3. The van der Waals surface area contributed by atoms with E-state index in [1.807, 2.05) is 0 Å². The van der Waals surface area contributed by atoms with E-state index in [0.29, 0.717) is 6.04 Å². The predicted octanol–water partition coefficient (Wildman–Crippen LogP) is 0.696. The molecule has 2 N–H and O–H groups in total. The van der Waals surface area contributed by atoms with E-state index in [0.717, 1.165) is 19.4 Å². The van der Waals surface area contributed by atoms with E-state index in [9.17, 15) is 9.90 Å². The molecule has 0 bridgehead atoms. The van der Waals surface area contributed by atoms with Crippen LogP contribution in [0, 0.1) is 0 Å². The standard InChI is InChI=1S/C10H19NO3/c1-8-5-3-4-6-11(8)7-10(2,14)9(12)13/h8,14H,3-7H2,1-2H3,(H,12,13). The number of carboxylic acid groups (broad SMARTS) is 1. The Kier molecular flexibility index (Phi) is 3.50. The second kappa shape index (κ2) is 4.28. The maximum atomic E-state index is 10.7. The fourth-order valence-electron chi connectivity index (χ4n) is 1.86. The van der Waals surface area contributed by atoms with Crippen molar-refractivity contribution in [3.05, 3.63) is 0 Å². The minimum absolute atomic E-state index is 0.226. The topological polar surface area (TPSA) is 60.8 Å². The summed E-state index contributed by atoms with van der Waals surface area (Å²) in [6, 6.07) is 0.384. The number of aliphatic hydroxyl groups is 1.